The van der Waals surface area contributed by atoms with Crippen molar-refractivity contribution < 1.29 is 4.39 Å². The first-order valence-corrected chi connectivity index (χ1v) is 11.1. The molecule has 1 aliphatic heterocycles. The first-order valence-electron chi connectivity index (χ1n) is 11.1. The summed E-state index contributed by atoms with van der Waals surface area (Å²) in [5.41, 5.74) is 11.2. The Kier molecular flexibility index (Phi) is 6.80. The Morgan fingerprint density at radius 1 is 1.29 bits per heavy atom. The second-order valence-electron chi connectivity index (χ2n) is 8.50. The van der Waals surface area contributed by atoms with Gasteiger partial charge in [-0.3, -0.25) is 9.89 Å². The van der Waals surface area contributed by atoms with Gasteiger partial charge in [-0.25, -0.2) is 19.3 Å². The van der Waals surface area contributed by atoms with Gasteiger partial charge in [-0.2, -0.15) is 5.26 Å². The van der Waals surface area contributed by atoms with Crippen molar-refractivity contribution >= 4 is 23.2 Å². The van der Waals surface area contributed by atoms with E-state index in [1.54, 1.807) is 19.2 Å². The Hall–Kier alpha value is -3.90. The first kappa shape index (κ1) is 23.3. The van der Waals surface area contributed by atoms with E-state index in [4.69, 9.17) is 11.0 Å². The van der Waals surface area contributed by atoms with Gasteiger partial charge in [0.1, 0.15) is 11.5 Å². The van der Waals surface area contributed by atoms with E-state index >= 15 is 0 Å². The molecule has 0 fully saturated rings. The molecule has 0 spiro atoms. The van der Waals surface area contributed by atoms with E-state index in [0.29, 0.717) is 30.2 Å². The molecular weight excluding hydrogens is 431 g/mol. The van der Waals surface area contributed by atoms with Gasteiger partial charge in [0.05, 0.1) is 18.8 Å². The molecule has 3 aromatic rings. The van der Waals surface area contributed by atoms with Crippen LogP contribution >= 0.6 is 0 Å². The molecule has 1 aromatic carbocycles. The minimum absolute atomic E-state index is 0.164. The lowest BCUT2D eigenvalue weighted by Gasteiger charge is -2.26. The van der Waals surface area contributed by atoms with Crippen LogP contribution < -0.4 is 11.1 Å². The van der Waals surface area contributed by atoms with Gasteiger partial charge in [-0.05, 0) is 29.7 Å². The number of nitrogens with one attached hydrogen (secondary N) is 1. The number of pyridine rings is 1. The van der Waals surface area contributed by atoms with Crippen molar-refractivity contribution in [3.8, 4) is 17.3 Å². The van der Waals surface area contributed by atoms with Gasteiger partial charge in [-0.15, -0.1) is 0 Å². The molecule has 3 heterocycles. The van der Waals surface area contributed by atoms with Crippen LogP contribution in [0.3, 0.4) is 0 Å². The minimum atomic E-state index is -0.531. The van der Waals surface area contributed by atoms with Crippen LogP contribution in [0.25, 0.3) is 11.3 Å². The average Bonchev–Trinajstić information content (AvgIpc) is 2.82. The molecule has 3 N–H and O–H groups in total. The predicted octanol–water partition coefficient (Wildman–Crippen LogP) is 3.96. The van der Waals surface area contributed by atoms with E-state index in [9.17, 15) is 4.39 Å². The van der Waals surface area contributed by atoms with Crippen LogP contribution in [0.4, 0.5) is 21.8 Å². The largest absolute Gasteiger partial charge is 0.398 e. The quantitative estimate of drug-likeness (QED) is 0.326. The van der Waals surface area contributed by atoms with Gasteiger partial charge in [-0.1, -0.05) is 26.0 Å². The van der Waals surface area contributed by atoms with E-state index in [2.05, 4.69) is 36.2 Å². The fraction of sp³-hybridized carbons (Fsp3) is 0.320. The summed E-state index contributed by atoms with van der Waals surface area (Å²) in [5.74, 6) is 0.467. The molecule has 0 aliphatic carbocycles. The molecule has 0 saturated heterocycles. The fourth-order valence-electron chi connectivity index (χ4n) is 4.14. The lowest BCUT2D eigenvalue weighted by molar-refractivity contribution is 0.282. The third-order valence-corrected chi connectivity index (χ3v) is 5.80. The van der Waals surface area contributed by atoms with Crippen molar-refractivity contribution in [3.05, 3.63) is 59.2 Å². The Balaban J connectivity index is 1.61. The topological polar surface area (TPSA) is 116 Å². The van der Waals surface area contributed by atoms with Gasteiger partial charge in [0.2, 0.25) is 5.95 Å². The van der Waals surface area contributed by atoms with E-state index in [1.165, 1.54) is 0 Å². The van der Waals surface area contributed by atoms with Crippen molar-refractivity contribution in [1.29, 1.82) is 5.26 Å². The Labute approximate surface area is 198 Å². The number of halogens is 1. The maximum atomic E-state index is 14.7. The molecule has 0 saturated carbocycles. The molecule has 2 aromatic heterocycles. The number of aromatic nitrogens is 3. The lowest BCUT2D eigenvalue weighted by Crippen LogP contribution is -2.31. The molecule has 4 rings (SSSR count). The van der Waals surface area contributed by atoms with Crippen LogP contribution in [0.15, 0.2) is 41.5 Å². The monoisotopic (exact) mass is 458 g/mol. The normalized spacial score (nSPS) is 14.1. The summed E-state index contributed by atoms with van der Waals surface area (Å²) in [6, 6.07) is 11.3. The van der Waals surface area contributed by atoms with Gasteiger partial charge in [0.15, 0.2) is 5.82 Å². The van der Waals surface area contributed by atoms with Gasteiger partial charge >= 0.3 is 0 Å². The van der Waals surface area contributed by atoms with Gasteiger partial charge in [0.25, 0.3) is 0 Å². The number of hydrogen-bond acceptors (Lipinski definition) is 8. The molecule has 8 nitrogen and oxygen atoms in total. The number of fused-ring (bicyclic) bond motifs is 1. The summed E-state index contributed by atoms with van der Waals surface area (Å²) in [4.78, 5) is 19.7. The van der Waals surface area contributed by atoms with Crippen molar-refractivity contribution in [3.63, 3.8) is 0 Å². The van der Waals surface area contributed by atoms with Crippen molar-refractivity contribution in [1.82, 2.24) is 19.9 Å². The maximum absolute atomic E-state index is 14.7. The van der Waals surface area contributed by atoms with Crippen LogP contribution in [0, 0.1) is 23.1 Å². The zero-order valence-corrected chi connectivity index (χ0v) is 19.5. The molecular formula is C25H27FN8. The molecule has 0 bridgehead atoms. The molecule has 174 valence electrons. The predicted molar refractivity (Wildman–Crippen MR) is 131 cm³/mol. The molecule has 1 aliphatic rings. The Bertz CT molecular complexity index is 1280. The number of hydrogen-bond donors (Lipinski definition) is 2. The average molecular weight is 459 g/mol. The summed E-state index contributed by atoms with van der Waals surface area (Å²) in [6.45, 7) is 5.96. The smallest absolute Gasteiger partial charge is 0.229 e. The van der Waals surface area contributed by atoms with Crippen LogP contribution in [-0.2, 0) is 13.0 Å². The summed E-state index contributed by atoms with van der Waals surface area (Å²) in [7, 11) is 1.72. The number of rotatable bonds is 6. The number of nitrogens with zero attached hydrogens (tertiary/aromatic N) is 6. The molecule has 34 heavy (non-hydrogen) atoms. The number of anilines is 3. The van der Waals surface area contributed by atoms with Crippen molar-refractivity contribution in [2.24, 2.45) is 10.9 Å². The van der Waals surface area contributed by atoms with E-state index in [-0.39, 0.29) is 17.6 Å². The van der Waals surface area contributed by atoms with E-state index in [0.717, 1.165) is 41.7 Å². The second kappa shape index (κ2) is 9.93. The summed E-state index contributed by atoms with van der Waals surface area (Å²) in [6.07, 6.45) is 1.91. The molecule has 0 amide bonds. The van der Waals surface area contributed by atoms with Crippen LogP contribution in [0.1, 0.15) is 30.7 Å². The Morgan fingerprint density at radius 3 is 2.85 bits per heavy atom. The van der Waals surface area contributed by atoms with E-state index < -0.39 is 5.82 Å². The number of benzene rings is 1. The summed E-state index contributed by atoms with van der Waals surface area (Å²) in [5, 5.41) is 12.0. The van der Waals surface area contributed by atoms with Crippen LogP contribution in [0.2, 0.25) is 0 Å². The van der Waals surface area contributed by atoms with E-state index in [1.807, 2.05) is 32.0 Å². The zero-order valence-electron chi connectivity index (χ0n) is 19.5. The highest BCUT2D eigenvalue weighted by molar-refractivity contribution is 6.06. The number of aliphatic imine (C=N–C) groups is 1. The molecule has 0 unspecified atom stereocenters. The number of nitrogen functional groups attached to an aromatic ring is 1. The molecule has 0 radical (unpaired) electrons. The highest BCUT2D eigenvalue weighted by Gasteiger charge is 2.19. The number of nitriles is 1. The molecule has 0 atom stereocenters. The van der Waals surface area contributed by atoms with Crippen molar-refractivity contribution in [2.75, 3.05) is 31.2 Å². The van der Waals surface area contributed by atoms with Gasteiger partial charge < -0.3 is 11.1 Å². The highest BCUT2D eigenvalue weighted by atomic mass is 19.1. The minimum Gasteiger partial charge on any atom is -0.398 e. The number of nitrogens with two attached hydrogens (primary N) is 1. The van der Waals surface area contributed by atoms with Crippen LogP contribution in [0.5, 0.6) is 0 Å². The fourth-order valence-corrected chi connectivity index (χ4v) is 4.14. The highest BCUT2D eigenvalue weighted by Crippen LogP contribution is 2.28. The maximum Gasteiger partial charge on any atom is 0.229 e. The zero-order chi connectivity index (χ0) is 24.2. The standard InChI is InChI=1S/C25H27FN8/c1-15(2)23(29-3)18-12-16(4-6-20(18)28)24-19(26)13-30-25(33-24)32-22-7-5-17-14-34(11-9-27)10-8-21(17)31-22/h4-7,12-13,15H,8,10-11,14,28H2,1-3H3,(H,30,31,32,33). The summed E-state index contributed by atoms with van der Waals surface area (Å²) >= 11 is 0. The second-order valence-corrected chi connectivity index (χ2v) is 8.50. The molecule has 9 heteroatoms. The van der Waals surface area contributed by atoms with Crippen molar-refractivity contribution in [2.45, 2.75) is 26.8 Å². The summed E-state index contributed by atoms with van der Waals surface area (Å²) < 4.78 is 14.7. The third-order valence-electron chi connectivity index (χ3n) is 5.80. The SMILES string of the molecule is CN=C(c1cc(-c2nc(Nc3ccc4c(n3)CCN(CC#N)C4)ncc2F)ccc1N)C(C)C. The third kappa shape index (κ3) is 4.87. The lowest BCUT2D eigenvalue weighted by atomic mass is 9.95. The van der Waals surface area contributed by atoms with Crippen LogP contribution in [-0.4, -0.2) is 45.7 Å². The van der Waals surface area contributed by atoms with Gasteiger partial charge in [0, 0.05) is 54.8 Å². The Morgan fingerprint density at radius 2 is 2.12 bits per heavy atom. The first-order chi connectivity index (χ1) is 16.4.